The Morgan fingerprint density at radius 1 is 0.905 bits per heavy atom. The summed E-state index contributed by atoms with van der Waals surface area (Å²) < 4.78 is 39.7. The van der Waals surface area contributed by atoms with Crippen LogP contribution >= 0.6 is 23.2 Å². The highest BCUT2D eigenvalue weighted by Gasteiger charge is 2.34. The molecule has 9 nitrogen and oxygen atoms in total. The standard InChI is InChI=1S/C30H35Cl2N3O6S/c1-20(29(37)33-30(2,3)4)34(18-23-24(31)13-10-14-25(23)32)28(36)19-35(21-11-8-7-9-12-21)42(38,39)22-15-16-26(40-5)27(17-22)41-6/h7-17,20H,18-19H2,1-6H3,(H,33,37)/t20-/m0/s1. The Balaban J connectivity index is 2.09. The van der Waals surface area contributed by atoms with E-state index in [1.807, 2.05) is 20.8 Å². The lowest BCUT2D eigenvalue weighted by Gasteiger charge is -2.33. The number of nitrogens with one attached hydrogen (secondary N) is 1. The van der Waals surface area contributed by atoms with Gasteiger partial charge in [0.25, 0.3) is 10.0 Å². The number of benzene rings is 3. The summed E-state index contributed by atoms with van der Waals surface area (Å²) in [6.07, 6.45) is 0. The molecule has 0 aliphatic carbocycles. The van der Waals surface area contributed by atoms with Gasteiger partial charge in [-0.2, -0.15) is 0 Å². The fraction of sp³-hybridized carbons (Fsp3) is 0.333. The number of nitrogens with zero attached hydrogens (tertiary/aromatic N) is 2. The van der Waals surface area contributed by atoms with E-state index < -0.39 is 40.0 Å². The third-order valence-electron chi connectivity index (χ3n) is 6.32. The lowest BCUT2D eigenvalue weighted by atomic mass is 10.1. The van der Waals surface area contributed by atoms with E-state index in [0.717, 1.165) is 4.31 Å². The zero-order chi connectivity index (χ0) is 31.2. The van der Waals surface area contributed by atoms with Gasteiger partial charge in [0.15, 0.2) is 11.5 Å². The maximum Gasteiger partial charge on any atom is 0.264 e. The molecule has 0 radical (unpaired) electrons. The van der Waals surface area contributed by atoms with Crippen molar-refractivity contribution in [1.82, 2.24) is 10.2 Å². The maximum atomic E-state index is 14.1. The van der Waals surface area contributed by atoms with Crippen molar-refractivity contribution in [2.75, 3.05) is 25.1 Å². The van der Waals surface area contributed by atoms with E-state index in [0.29, 0.717) is 21.4 Å². The van der Waals surface area contributed by atoms with Crippen LogP contribution in [-0.2, 0) is 26.2 Å². The first-order chi connectivity index (χ1) is 19.7. The van der Waals surface area contributed by atoms with Crippen LogP contribution in [0.4, 0.5) is 5.69 Å². The van der Waals surface area contributed by atoms with Crippen molar-refractivity contribution in [2.24, 2.45) is 0 Å². The molecule has 0 heterocycles. The molecule has 0 saturated carbocycles. The van der Waals surface area contributed by atoms with Crippen LogP contribution in [0.5, 0.6) is 11.5 Å². The first-order valence-electron chi connectivity index (χ1n) is 13.0. The van der Waals surface area contributed by atoms with E-state index in [-0.39, 0.29) is 22.9 Å². The van der Waals surface area contributed by atoms with Crippen molar-refractivity contribution in [2.45, 2.75) is 50.7 Å². The number of amides is 2. The van der Waals surface area contributed by atoms with E-state index in [9.17, 15) is 18.0 Å². The zero-order valence-electron chi connectivity index (χ0n) is 24.4. The molecule has 3 aromatic rings. The Morgan fingerprint density at radius 3 is 2.05 bits per heavy atom. The number of ether oxygens (including phenoxy) is 2. The molecule has 0 bridgehead atoms. The molecule has 0 aliphatic heterocycles. The number of halogens is 2. The Bertz CT molecular complexity index is 1510. The highest BCUT2D eigenvalue weighted by Crippen LogP contribution is 2.33. The van der Waals surface area contributed by atoms with Gasteiger partial charge in [-0.1, -0.05) is 47.5 Å². The van der Waals surface area contributed by atoms with Crippen molar-refractivity contribution in [1.29, 1.82) is 0 Å². The summed E-state index contributed by atoms with van der Waals surface area (Å²) >= 11 is 12.9. The number of hydrogen-bond acceptors (Lipinski definition) is 6. The van der Waals surface area contributed by atoms with Gasteiger partial charge in [0.05, 0.1) is 24.8 Å². The van der Waals surface area contributed by atoms with E-state index in [1.54, 1.807) is 55.5 Å². The number of rotatable bonds is 11. The van der Waals surface area contributed by atoms with Crippen LogP contribution in [-0.4, -0.2) is 57.5 Å². The van der Waals surface area contributed by atoms with E-state index in [2.05, 4.69) is 5.32 Å². The van der Waals surface area contributed by atoms with Gasteiger partial charge in [0, 0.05) is 33.8 Å². The fourth-order valence-electron chi connectivity index (χ4n) is 4.14. The molecule has 1 atom stereocenters. The number of sulfonamides is 1. The van der Waals surface area contributed by atoms with Gasteiger partial charge >= 0.3 is 0 Å². The van der Waals surface area contributed by atoms with Crippen LogP contribution in [0.2, 0.25) is 10.0 Å². The molecule has 12 heteroatoms. The van der Waals surface area contributed by atoms with Gasteiger partial charge in [-0.25, -0.2) is 8.42 Å². The Hall–Kier alpha value is -3.47. The van der Waals surface area contributed by atoms with Crippen molar-refractivity contribution >= 4 is 50.7 Å². The zero-order valence-corrected chi connectivity index (χ0v) is 26.7. The molecule has 1 N–H and O–H groups in total. The SMILES string of the molecule is COc1ccc(S(=O)(=O)N(CC(=O)N(Cc2c(Cl)cccc2Cl)[C@@H](C)C(=O)NC(C)(C)C)c2ccccc2)cc1OC. The topological polar surface area (TPSA) is 105 Å². The monoisotopic (exact) mass is 635 g/mol. The number of para-hydroxylation sites is 1. The number of carbonyl (C=O) groups excluding carboxylic acids is 2. The second-order valence-corrected chi connectivity index (χ2v) is 13.2. The van der Waals surface area contributed by atoms with Crippen LogP contribution < -0.4 is 19.1 Å². The number of anilines is 1. The van der Waals surface area contributed by atoms with Gasteiger partial charge in [-0.15, -0.1) is 0 Å². The van der Waals surface area contributed by atoms with Crippen LogP contribution in [0.3, 0.4) is 0 Å². The highest BCUT2D eigenvalue weighted by atomic mass is 35.5. The molecule has 0 saturated heterocycles. The Kier molecular flexibility index (Phi) is 10.8. The van der Waals surface area contributed by atoms with Crippen molar-refractivity contribution in [3.05, 3.63) is 82.3 Å². The third kappa shape index (κ3) is 7.87. The minimum Gasteiger partial charge on any atom is -0.493 e. The first-order valence-corrected chi connectivity index (χ1v) is 15.2. The van der Waals surface area contributed by atoms with Gasteiger partial charge < -0.3 is 19.7 Å². The van der Waals surface area contributed by atoms with Crippen molar-refractivity contribution < 1.29 is 27.5 Å². The van der Waals surface area contributed by atoms with Crippen LogP contribution in [0.15, 0.2) is 71.6 Å². The summed E-state index contributed by atoms with van der Waals surface area (Å²) in [6, 6.07) is 16.3. The lowest BCUT2D eigenvalue weighted by Crippen LogP contribution is -2.54. The summed E-state index contributed by atoms with van der Waals surface area (Å²) in [5.74, 6) is -0.510. The average Bonchev–Trinajstić information content (AvgIpc) is 2.94. The predicted octanol–water partition coefficient (Wildman–Crippen LogP) is 5.54. The summed E-state index contributed by atoms with van der Waals surface area (Å²) in [7, 11) is -1.47. The number of hydrogen-bond donors (Lipinski definition) is 1. The van der Waals surface area contributed by atoms with E-state index in [4.69, 9.17) is 32.7 Å². The summed E-state index contributed by atoms with van der Waals surface area (Å²) in [5.41, 5.74) is 0.108. The molecule has 3 aromatic carbocycles. The molecule has 0 unspecified atom stereocenters. The normalized spacial score (nSPS) is 12.3. The average molecular weight is 637 g/mol. The number of methoxy groups -OCH3 is 2. The maximum absolute atomic E-state index is 14.1. The Morgan fingerprint density at radius 2 is 1.50 bits per heavy atom. The first kappa shape index (κ1) is 33.0. The summed E-state index contributed by atoms with van der Waals surface area (Å²) in [4.78, 5) is 28.5. The molecule has 0 fully saturated rings. The second kappa shape index (κ2) is 13.7. The van der Waals surface area contributed by atoms with E-state index in [1.165, 1.54) is 37.3 Å². The van der Waals surface area contributed by atoms with Gasteiger partial charge in [0.2, 0.25) is 11.8 Å². The minimum absolute atomic E-state index is 0.115. The smallest absolute Gasteiger partial charge is 0.264 e. The van der Waals surface area contributed by atoms with Gasteiger partial charge in [0.1, 0.15) is 12.6 Å². The second-order valence-electron chi connectivity index (χ2n) is 10.5. The molecule has 0 spiro atoms. The van der Waals surface area contributed by atoms with Crippen LogP contribution in [0.1, 0.15) is 33.3 Å². The molecular formula is C30H35Cl2N3O6S. The molecule has 0 aliphatic rings. The number of carbonyl (C=O) groups is 2. The molecule has 2 amide bonds. The summed E-state index contributed by atoms with van der Waals surface area (Å²) in [6.45, 7) is 6.29. The Labute approximate surface area is 257 Å². The van der Waals surface area contributed by atoms with Crippen LogP contribution in [0, 0.1) is 0 Å². The highest BCUT2D eigenvalue weighted by molar-refractivity contribution is 7.92. The molecule has 226 valence electrons. The predicted molar refractivity (Wildman–Crippen MR) is 165 cm³/mol. The van der Waals surface area contributed by atoms with Crippen molar-refractivity contribution in [3.63, 3.8) is 0 Å². The minimum atomic E-state index is -4.31. The summed E-state index contributed by atoms with van der Waals surface area (Å²) in [5, 5.41) is 3.49. The van der Waals surface area contributed by atoms with Crippen molar-refractivity contribution in [3.8, 4) is 11.5 Å². The molecule has 42 heavy (non-hydrogen) atoms. The van der Waals surface area contributed by atoms with Gasteiger partial charge in [-0.3, -0.25) is 13.9 Å². The fourth-order valence-corrected chi connectivity index (χ4v) is 6.08. The third-order valence-corrected chi connectivity index (χ3v) is 8.80. The lowest BCUT2D eigenvalue weighted by molar-refractivity contribution is -0.140. The van der Waals surface area contributed by atoms with Crippen LogP contribution in [0.25, 0.3) is 0 Å². The quantitative estimate of drug-likeness (QED) is 0.297. The largest absolute Gasteiger partial charge is 0.493 e. The molecule has 0 aromatic heterocycles. The molecule has 3 rings (SSSR count). The van der Waals surface area contributed by atoms with Gasteiger partial charge in [-0.05, 0) is 64.1 Å². The molecular weight excluding hydrogens is 601 g/mol. The van der Waals surface area contributed by atoms with E-state index >= 15 is 0 Å².